The Hall–Kier alpha value is -1.51. The molecule has 0 bridgehead atoms. The second-order valence-corrected chi connectivity index (χ2v) is 3.60. The van der Waals surface area contributed by atoms with Gasteiger partial charge < -0.3 is 9.84 Å². The van der Waals surface area contributed by atoms with Gasteiger partial charge in [-0.25, -0.2) is 4.79 Å². The molecule has 0 heterocycles. The number of rotatable bonds is 3. The predicted octanol–water partition coefficient (Wildman–Crippen LogP) is 3.31. The third kappa shape index (κ3) is 2.72. The van der Waals surface area contributed by atoms with Crippen LogP contribution in [-0.4, -0.2) is 11.3 Å². The Balaban J connectivity index is 3.09. The number of carboxylic acid groups (broad SMARTS) is 1. The molecular weight excluding hydrogens is 192 g/mol. The van der Waals surface area contributed by atoms with Crippen LogP contribution in [0, 0.1) is 13.8 Å². The van der Waals surface area contributed by atoms with Gasteiger partial charge in [0.1, 0.15) is 5.75 Å². The third-order valence-corrected chi connectivity index (χ3v) is 2.48. The lowest BCUT2D eigenvalue weighted by atomic mass is 9.98. The molecule has 0 spiro atoms. The summed E-state index contributed by atoms with van der Waals surface area (Å²) in [5, 5.41) is 8.56. The van der Waals surface area contributed by atoms with Crippen LogP contribution >= 0.6 is 0 Å². The van der Waals surface area contributed by atoms with E-state index < -0.39 is 6.16 Å². The van der Waals surface area contributed by atoms with Gasteiger partial charge in [0.25, 0.3) is 0 Å². The standard InChI is InChI=1S/C12H16O3/c1-4-5-10-8(2)6-7-11(9(10)3)15-12(13)14/h6-7H,4-5H2,1-3H3,(H,13,14). The van der Waals surface area contributed by atoms with Crippen LogP contribution in [0.5, 0.6) is 5.75 Å². The highest BCUT2D eigenvalue weighted by Crippen LogP contribution is 2.25. The maximum atomic E-state index is 10.5. The van der Waals surface area contributed by atoms with E-state index in [9.17, 15) is 4.79 Å². The van der Waals surface area contributed by atoms with Crippen molar-refractivity contribution in [2.75, 3.05) is 0 Å². The van der Waals surface area contributed by atoms with Crippen LogP contribution in [-0.2, 0) is 6.42 Å². The van der Waals surface area contributed by atoms with Crippen molar-refractivity contribution in [1.29, 1.82) is 0 Å². The van der Waals surface area contributed by atoms with E-state index in [1.54, 1.807) is 6.07 Å². The molecule has 0 aliphatic rings. The first kappa shape index (κ1) is 11.6. The van der Waals surface area contributed by atoms with E-state index in [0.717, 1.165) is 18.4 Å². The smallest absolute Gasteiger partial charge is 0.449 e. The summed E-state index contributed by atoms with van der Waals surface area (Å²) in [4.78, 5) is 10.5. The summed E-state index contributed by atoms with van der Waals surface area (Å²) in [6, 6.07) is 3.61. The molecule has 0 radical (unpaired) electrons. The van der Waals surface area contributed by atoms with Crippen molar-refractivity contribution < 1.29 is 14.6 Å². The molecule has 0 fully saturated rings. The van der Waals surface area contributed by atoms with Gasteiger partial charge in [0.2, 0.25) is 0 Å². The molecular formula is C12H16O3. The zero-order valence-electron chi connectivity index (χ0n) is 9.33. The first-order valence-corrected chi connectivity index (χ1v) is 5.06. The average molecular weight is 208 g/mol. The van der Waals surface area contributed by atoms with Crippen LogP contribution in [0.4, 0.5) is 4.79 Å². The topological polar surface area (TPSA) is 46.5 Å². The Bertz CT molecular complexity index is 369. The van der Waals surface area contributed by atoms with Crippen LogP contribution in [0.1, 0.15) is 30.0 Å². The molecule has 0 saturated carbocycles. The Morgan fingerprint density at radius 2 is 2.07 bits per heavy atom. The quantitative estimate of drug-likeness (QED) is 0.612. The lowest BCUT2D eigenvalue weighted by Crippen LogP contribution is -2.06. The minimum absolute atomic E-state index is 0.441. The van der Waals surface area contributed by atoms with Crippen molar-refractivity contribution in [1.82, 2.24) is 0 Å². The Kier molecular flexibility index (Phi) is 3.72. The molecule has 3 heteroatoms. The van der Waals surface area contributed by atoms with Gasteiger partial charge in [-0.1, -0.05) is 19.4 Å². The van der Waals surface area contributed by atoms with Gasteiger partial charge in [0.15, 0.2) is 0 Å². The van der Waals surface area contributed by atoms with Gasteiger partial charge in [-0.05, 0) is 43.0 Å². The summed E-state index contributed by atoms with van der Waals surface area (Å²) in [7, 11) is 0. The van der Waals surface area contributed by atoms with E-state index >= 15 is 0 Å². The van der Waals surface area contributed by atoms with Crippen LogP contribution < -0.4 is 4.74 Å². The normalized spacial score (nSPS) is 10.1. The molecule has 0 atom stereocenters. The lowest BCUT2D eigenvalue weighted by Gasteiger charge is -2.12. The molecule has 0 aliphatic heterocycles. The van der Waals surface area contributed by atoms with Crippen molar-refractivity contribution in [3.05, 3.63) is 28.8 Å². The monoisotopic (exact) mass is 208 g/mol. The van der Waals surface area contributed by atoms with Gasteiger partial charge in [-0.15, -0.1) is 0 Å². The molecule has 82 valence electrons. The highest BCUT2D eigenvalue weighted by molar-refractivity contribution is 5.62. The fourth-order valence-corrected chi connectivity index (χ4v) is 1.71. The third-order valence-electron chi connectivity index (χ3n) is 2.48. The van der Waals surface area contributed by atoms with Crippen molar-refractivity contribution in [2.45, 2.75) is 33.6 Å². The number of aryl methyl sites for hydroxylation is 1. The molecule has 0 aliphatic carbocycles. The van der Waals surface area contributed by atoms with Gasteiger partial charge in [-0.2, -0.15) is 0 Å². The van der Waals surface area contributed by atoms with Gasteiger partial charge in [0, 0.05) is 0 Å². The fourth-order valence-electron chi connectivity index (χ4n) is 1.71. The number of ether oxygens (including phenoxy) is 1. The largest absolute Gasteiger partial charge is 0.511 e. The summed E-state index contributed by atoms with van der Waals surface area (Å²) in [5.41, 5.74) is 3.31. The minimum Gasteiger partial charge on any atom is -0.449 e. The van der Waals surface area contributed by atoms with E-state index in [0.29, 0.717) is 5.75 Å². The molecule has 15 heavy (non-hydrogen) atoms. The number of carbonyl (C=O) groups is 1. The molecule has 1 rings (SSSR count). The van der Waals surface area contributed by atoms with E-state index in [1.807, 2.05) is 19.9 Å². The summed E-state index contributed by atoms with van der Waals surface area (Å²) < 4.78 is 4.70. The van der Waals surface area contributed by atoms with Crippen molar-refractivity contribution in [3.8, 4) is 5.75 Å². The van der Waals surface area contributed by atoms with E-state index in [-0.39, 0.29) is 0 Å². The van der Waals surface area contributed by atoms with Crippen LogP contribution in [0.25, 0.3) is 0 Å². The summed E-state index contributed by atoms with van der Waals surface area (Å²) in [6.07, 6.45) is 0.733. The first-order valence-electron chi connectivity index (χ1n) is 5.06. The molecule has 1 aromatic carbocycles. The predicted molar refractivity (Wildman–Crippen MR) is 58.6 cm³/mol. The summed E-state index contributed by atoms with van der Waals surface area (Å²) in [5.74, 6) is 0.441. The van der Waals surface area contributed by atoms with Crippen LogP contribution in [0.2, 0.25) is 0 Å². The molecule has 1 N–H and O–H groups in total. The SMILES string of the molecule is CCCc1c(C)ccc(OC(=O)O)c1C. The van der Waals surface area contributed by atoms with Crippen molar-refractivity contribution in [2.24, 2.45) is 0 Å². The molecule has 0 amide bonds. The molecule has 0 saturated heterocycles. The van der Waals surface area contributed by atoms with E-state index in [1.165, 1.54) is 11.1 Å². The second-order valence-electron chi connectivity index (χ2n) is 3.60. The molecule has 0 unspecified atom stereocenters. The Morgan fingerprint density at radius 1 is 1.40 bits per heavy atom. The maximum absolute atomic E-state index is 10.5. The van der Waals surface area contributed by atoms with E-state index in [4.69, 9.17) is 9.84 Å². The first-order chi connectivity index (χ1) is 7.06. The highest BCUT2D eigenvalue weighted by Gasteiger charge is 2.10. The zero-order valence-corrected chi connectivity index (χ0v) is 9.33. The van der Waals surface area contributed by atoms with Gasteiger partial charge >= 0.3 is 6.16 Å². The van der Waals surface area contributed by atoms with Gasteiger partial charge in [-0.3, -0.25) is 0 Å². The van der Waals surface area contributed by atoms with Crippen molar-refractivity contribution >= 4 is 6.16 Å². The summed E-state index contributed by atoms with van der Waals surface area (Å²) in [6.45, 7) is 6.03. The Labute approximate surface area is 89.7 Å². The van der Waals surface area contributed by atoms with E-state index in [2.05, 4.69) is 6.92 Å². The zero-order chi connectivity index (χ0) is 11.4. The maximum Gasteiger partial charge on any atom is 0.511 e. The number of hydrogen-bond donors (Lipinski definition) is 1. The minimum atomic E-state index is -1.26. The Morgan fingerprint density at radius 3 is 2.60 bits per heavy atom. The molecule has 1 aromatic rings. The lowest BCUT2D eigenvalue weighted by molar-refractivity contribution is 0.144. The fraction of sp³-hybridized carbons (Fsp3) is 0.417. The molecule has 3 nitrogen and oxygen atoms in total. The average Bonchev–Trinajstić information content (AvgIpc) is 2.16. The second kappa shape index (κ2) is 4.82. The highest BCUT2D eigenvalue weighted by atomic mass is 16.7. The van der Waals surface area contributed by atoms with Crippen LogP contribution in [0.3, 0.4) is 0 Å². The van der Waals surface area contributed by atoms with Crippen molar-refractivity contribution in [3.63, 3.8) is 0 Å². The summed E-state index contributed by atoms with van der Waals surface area (Å²) >= 11 is 0. The molecule has 0 aromatic heterocycles. The van der Waals surface area contributed by atoms with Gasteiger partial charge in [0.05, 0.1) is 0 Å². The number of benzene rings is 1. The number of hydrogen-bond acceptors (Lipinski definition) is 2. The van der Waals surface area contributed by atoms with Crippen LogP contribution in [0.15, 0.2) is 12.1 Å².